The molecule has 62 heavy (non-hydrogen) atoms. The summed E-state index contributed by atoms with van der Waals surface area (Å²) >= 11 is 6.74. The van der Waals surface area contributed by atoms with Crippen molar-refractivity contribution in [1.29, 1.82) is 0 Å². The highest BCUT2D eigenvalue weighted by Crippen LogP contribution is 2.33. The summed E-state index contributed by atoms with van der Waals surface area (Å²) in [6.07, 6.45) is 9.43. The molecule has 0 radical (unpaired) electrons. The van der Waals surface area contributed by atoms with Crippen LogP contribution in [-0.4, -0.2) is 112 Å². The highest BCUT2D eigenvalue weighted by atomic mass is 35.5. The minimum absolute atomic E-state index is 0.0183. The molecule has 1 aromatic heterocycles. The van der Waals surface area contributed by atoms with Crippen molar-refractivity contribution in [2.75, 3.05) is 45.8 Å². The molecule has 8 rings (SSSR count). The monoisotopic (exact) mass is 863 g/mol. The van der Waals surface area contributed by atoms with E-state index in [1.54, 1.807) is 28.3 Å². The van der Waals surface area contributed by atoms with E-state index in [4.69, 9.17) is 22.3 Å². The normalized spacial score (nSPS) is 21.0. The van der Waals surface area contributed by atoms with Gasteiger partial charge in [0.1, 0.15) is 11.9 Å². The Balaban J connectivity index is 0.793. The molecule has 1 unspecified atom stereocenters. The van der Waals surface area contributed by atoms with Gasteiger partial charge in [-0.15, -0.1) is 0 Å². The van der Waals surface area contributed by atoms with Gasteiger partial charge in [0.25, 0.3) is 0 Å². The number of imidazole rings is 1. The number of hydrogen-bond donors (Lipinski definition) is 2. The van der Waals surface area contributed by atoms with Gasteiger partial charge >= 0.3 is 5.69 Å². The predicted molar refractivity (Wildman–Crippen MR) is 241 cm³/mol. The number of rotatable bonds is 11. The van der Waals surface area contributed by atoms with Gasteiger partial charge in [-0.1, -0.05) is 48.0 Å². The second-order valence-corrected chi connectivity index (χ2v) is 17.4. The van der Waals surface area contributed by atoms with Crippen LogP contribution >= 0.6 is 11.6 Å². The Morgan fingerprint density at radius 3 is 2.32 bits per heavy atom. The average Bonchev–Trinajstić information content (AvgIpc) is 3.54. The molecule has 4 saturated heterocycles. The molecule has 13 nitrogen and oxygen atoms in total. The zero-order valence-corrected chi connectivity index (χ0v) is 36.0. The summed E-state index contributed by atoms with van der Waals surface area (Å²) in [5.74, 6) is -0.428. The number of carbonyl (C=O) groups is 3. The van der Waals surface area contributed by atoms with Crippen molar-refractivity contribution in [1.82, 2.24) is 29.2 Å². The van der Waals surface area contributed by atoms with Gasteiger partial charge in [0.2, 0.25) is 17.7 Å². The third kappa shape index (κ3) is 9.62. The number of aliphatic imine (C=N–C) groups is 2. The number of nitrogens with one attached hydrogen (secondary N) is 1. The van der Waals surface area contributed by atoms with Crippen molar-refractivity contribution in [3.8, 4) is 11.1 Å². The Kier molecular flexibility index (Phi) is 13.5. The van der Waals surface area contributed by atoms with Crippen molar-refractivity contribution in [2.24, 2.45) is 22.8 Å². The number of nitrogens with zero attached hydrogens (tertiary/aromatic N) is 7. The van der Waals surface area contributed by atoms with Crippen LogP contribution in [0.3, 0.4) is 0 Å². The van der Waals surface area contributed by atoms with Gasteiger partial charge in [-0.05, 0) is 124 Å². The van der Waals surface area contributed by atoms with Crippen LogP contribution in [-0.2, 0) is 21.4 Å². The summed E-state index contributed by atoms with van der Waals surface area (Å²) in [7, 11) is 1.75. The zero-order chi connectivity index (χ0) is 43.3. The Bertz CT molecular complexity index is 2440. The van der Waals surface area contributed by atoms with E-state index >= 15 is 0 Å². The average molecular weight is 864 g/mol. The van der Waals surface area contributed by atoms with Crippen LogP contribution in [0.5, 0.6) is 0 Å². The number of imide groups is 1. The molecule has 4 aliphatic rings. The molecule has 0 bridgehead atoms. The van der Waals surface area contributed by atoms with Crippen LogP contribution < -0.4 is 16.7 Å². The number of fused-ring (bicyclic) bond motifs is 1. The maximum atomic E-state index is 13.6. The Labute approximate surface area is 366 Å². The second-order valence-electron chi connectivity index (χ2n) is 17.0. The van der Waals surface area contributed by atoms with Gasteiger partial charge in [-0.25, -0.2) is 14.2 Å². The molecule has 4 fully saturated rings. The molecule has 4 aromatic rings. The van der Waals surface area contributed by atoms with E-state index in [1.165, 1.54) is 30.2 Å². The molecule has 3 N–H and O–H groups in total. The Morgan fingerprint density at radius 1 is 0.871 bits per heavy atom. The van der Waals surface area contributed by atoms with E-state index < -0.39 is 11.9 Å². The van der Waals surface area contributed by atoms with Crippen LogP contribution in [0.2, 0.25) is 0 Å². The van der Waals surface area contributed by atoms with Crippen molar-refractivity contribution in [2.45, 2.75) is 81.8 Å². The number of benzene rings is 3. The standard InChI is InChI=1S/C47H55ClFN9O4/c1-54-42-28-34(7-10-40(42)58(47(54)62)41-11-12-43(59)53-46(41)61)32-13-23-56(24-14-32)38-17-20-55(21-18-38)22-19-44(60)57-25-15-37(16-26-57)52-45(39(48)29-51-30-50)35-4-2-3-33(27-35)31-5-8-36(49)9-6-31/h2-10,27-30,32,37-38,41H,11-26H2,1H3,(H2,50,51)(H,53,59,61)/b39-29+,52-45?. The number of allylic oxidation sites excluding steroid dienone is 1. The third-order valence-electron chi connectivity index (χ3n) is 13.3. The number of piperidine rings is 4. The first-order chi connectivity index (χ1) is 30.1. The maximum Gasteiger partial charge on any atom is 0.329 e. The predicted octanol–water partition coefficient (Wildman–Crippen LogP) is 5.71. The molecule has 3 aromatic carbocycles. The lowest BCUT2D eigenvalue weighted by Crippen LogP contribution is -2.48. The summed E-state index contributed by atoms with van der Waals surface area (Å²) in [6.45, 7) is 6.05. The second kappa shape index (κ2) is 19.3. The van der Waals surface area contributed by atoms with Crippen LogP contribution in [0.4, 0.5) is 4.39 Å². The number of hydrogen-bond acceptors (Lipinski definition) is 8. The lowest BCUT2D eigenvalue weighted by Gasteiger charge is -2.42. The van der Waals surface area contributed by atoms with Gasteiger partial charge in [0.05, 0.1) is 34.2 Å². The number of halogens is 2. The van der Waals surface area contributed by atoms with E-state index in [-0.39, 0.29) is 35.8 Å². The quantitative estimate of drug-likeness (QED) is 0.112. The van der Waals surface area contributed by atoms with Gasteiger partial charge in [-0.3, -0.25) is 33.8 Å². The number of carbonyl (C=O) groups excluding carboxylic acids is 3. The van der Waals surface area contributed by atoms with Crippen LogP contribution in [0.15, 0.2) is 92.7 Å². The number of aryl methyl sites for hydroxylation is 1. The highest BCUT2D eigenvalue weighted by Gasteiger charge is 2.33. The molecule has 4 aliphatic heterocycles. The fraction of sp³-hybridized carbons (Fsp3) is 0.447. The van der Waals surface area contributed by atoms with Gasteiger partial charge in [-0.2, -0.15) is 0 Å². The molecule has 0 saturated carbocycles. The van der Waals surface area contributed by atoms with Crippen LogP contribution in [0.1, 0.15) is 80.9 Å². The third-order valence-corrected chi connectivity index (χ3v) is 13.6. The smallest absolute Gasteiger partial charge is 0.329 e. The molecule has 0 spiro atoms. The summed E-state index contributed by atoms with van der Waals surface area (Å²) in [4.78, 5) is 67.2. The Hall–Kier alpha value is -5.44. The molecule has 5 heterocycles. The van der Waals surface area contributed by atoms with E-state index in [0.29, 0.717) is 48.6 Å². The first kappa shape index (κ1) is 43.2. The number of likely N-dealkylation sites (tertiary alicyclic amines) is 3. The van der Waals surface area contributed by atoms with Crippen molar-refractivity contribution in [3.63, 3.8) is 0 Å². The Morgan fingerprint density at radius 2 is 1.61 bits per heavy atom. The number of aromatic nitrogens is 2. The summed E-state index contributed by atoms with van der Waals surface area (Å²) in [5, 5.41) is 2.74. The molecule has 1 atom stereocenters. The number of nitrogens with two attached hydrogens (primary N) is 1. The lowest BCUT2D eigenvalue weighted by molar-refractivity contribution is -0.136. The van der Waals surface area contributed by atoms with Crippen LogP contribution in [0.25, 0.3) is 22.2 Å². The topological polar surface area (TPSA) is 151 Å². The fourth-order valence-electron chi connectivity index (χ4n) is 9.74. The van der Waals surface area contributed by atoms with Gasteiger partial charge < -0.3 is 20.4 Å². The summed E-state index contributed by atoms with van der Waals surface area (Å²) < 4.78 is 16.8. The minimum atomic E-state index is -0.686. The summed E-state index contributed by atoms with van der Waals surface area (Å²) in [6, 6.07) is 20.2. The van der Waals surface area contributed by atoms with E-state index in [2.05, 4.69) is 32.2 Å². The summed E-state index contributed by atoms with van der Waals surface area (Å²) in [5.41, 5.74) is 11.2. The molecule has 0 aliphatic carbocycles. The fourth-order valence-corrected chi connectivity index (χ4v) is 9.96. The first-order valence-corrected chi connectivity index (χ1v) is 22.3. The molecule has 3 amide bonds. The van der Waals surface area contributed by atoms with E-state index in [0.717, 1.165) is 99.0 Å². The zero-order valence-electron chi connectivity index (χ0n) is 35.2. The van der Waals surface area contributed by atoms with Crippen LogP contribution in [0, 0.1) is 5.82 Å². The van der Waals surface area contributed by atoms with E-state index in [9.17, 15) is 23.6 Å². The number of amides is 3. The molecule has 326 valence electrons. The highest BCUT2D eigenvalue weighted by molar-refractivity contribution is 6.46. The van der Waals surface area contributed by atoms with E-state index in [1.807, 2.05) is 35.2 Å². The SMILES string of the molecule is Cn1c(=O)n(C2CCC(=O)NC2=O)c2ccc(C3CCN(C4CCN(CCC(=O)N5CCC(N=C(/C(Cl)=C\N=CN)c6cccc(-c7ccc(F)cc7)c6)CC5)CC4)CC3)cc21. The molecular formula is C47H55ClFN9O4. The van der Waals surface area contributed by atoms with Crippen molar-refractivity contribution in [3.05, 3.63) is 105 Å². The largest absolute Gasteiger partial charge is 0.390 e. The van der Waals surface area contributed by atoms with Crippen molar-refractivity contribution < 1.29 is 18.8 Å². The van der Waals surface area contributed by atoms with Crippen molar-refractivity contribution >= 4 is 52.4 Å². The molecule has 15 heteroatoms. The maximum absolute atomic E-state index is 13.6. The lowest BCUT2D eigenvalue weighted by atomic mass is 9.87. The van der Waals surface area contributed by atoms with Gasteiger partial charge in [0.15, 0.2) is 0 Å². The minimum Gasteiger partial charge on any atom is -0.390 e. The molecular weight excluding hydrogens is 809 g/mol. The first-order valence-electron chi connectivity index (χ1n) is 21.9. The van der Waals surface area contributed by atoms with Gasteiger partial charge in [0, 0.05) is 57.3 Å².